The highest BCUT2D eigenvalue weighted by atomic mass is 16.6. The predicted molar refractivity (Wildman–Crippen MR) is 157 cm³/mol. The molecule has 1 aromatic carbocycles. The highest BCUT2D eigenvalue weighted by Crippen LogP contribution is 2.65. The van der Waals surface area contributed by atoms with Gasteiger partial charge in [-0.2, -0.15) is 0 Å². The van der Waals surface area contributed by atoms with Crippen LogP contribution >= 0.6 is 0 Å². The molecule has 0 radical (unpaired) electrons. The van der Waals surface area contributed by atoms with Crippen LogP contribution in [0, 0.1) is 35.0 Å². The maximum Gasteiger partial charge on any atom is 0.408 e. The molecule has 3 saturated carbocycles. The number of likely N-dealkylation sites (tertiary alicyclic amines) is 1. The first-order chi connectivity index (χ1) is 20.5. The number of carbonyl (C=O) groups excluding carboxylic acids is 5. The molecular weight excluding hydrogens is 548 g/mol. The fourth-order valence-corrected chi connectivity index (χ4v) is 8.13. The van der Waals surface area contributed by atoms with Gasteiger partial charge in [-0.3, -0.25) is 19.2 Å². The van der Waals surface area contributed by atoms with Crippen molar-refractivity contribution in [2.45, 2.75) is 96.4 Å². The van der Waals surface area contributed by atoms with Crippen LogP contribution in [0.1, 0.15) is 70.4 Å². The number of benzene rings is 1. The largest absolute Gasteiger partial charge is 0.446 e. The summed E-state index contributed by atoms with van der Waals surface area (Å²) in [4.78, 5) is 67.6. The molecule has 4 N–H and O–H groups in total. The van der Waals surface area contributed by atoms with Crippen LogP contribution in [0.5, 0.6) is 0 Å². The predicted octanol–water partition coefficient (Wildman–Crippen LogP) is 2.51. The Labute approximate surface area is 252 Å². The van der Waals surface area contributed by atoms with E-state index >= 15 is 0 Å². The van der Waals surface area contributed by atoms with E-state index in [-0.39, 0.29) is 47.0 Å². The van der Waals surface area contributed by atoms with Gasteiger partial charge in [0.05, 0.1) is 6.04 Å². The molecule has 1 aliphatic heterocycles. The van der Waals surface area contributed by atoms with Crippen LogP contribution in [-0.4, -0.2) is 65.3 Å². The summed E-state index contributed by atoms with van der Waals surface area (Å²) in [6.07, 6.45) is 5.54. The van der Waals surface area contributed by atoms with Crippen molar-refractivity contribution in [1.82, 2.24) is 15.5 Å². The number of alkyl carbamates (subject to hydrolysis) is 1. The first-order valence-corrected chi connectivity index (χ1v) is 15.9. The Morgan fingerprint density at radius 1 is 1.02 bits per heavy atom. The number of primary amides is 1. The minimum atomic E-state index is -1.07. The summed E-state index contributed by atoms with van der Waals surface area (Å²) >= 11 is 0. The number of ether oxygens (including phenoxy) is 1. The number of nitrogens with zero attached hydrogens (tertiary/aromatic N) is 1. The monoisotopic (exact) mass is 592 g/mol. The number of Topliss-reactive ketones (excluding diaryl/α,β-unsaturated/α-hetero) is 1. The molecule has 4 amide bonds. The van der Waals surface area contributed by atoms with Gasteiger partial charge in [0.15, 0.2) is 0 Å². The second-order valence-corrected chi connectivity index (χ2v) is 14.3. The zero-order valence-corrected chi connectivity index (χ0v) is 25.3. The maximum atomic E-state index is 14.5. The summed E-state index contributed by atoms with van der Waals surface area (Å²) in [5, 5.41) is 5.75. The Bertz CT molecular complexity index is 1300. The zero-order valence-electron chi connectivity index (χ0n) is 25.3. The van der Waals surface area contributed by atoms with Gasteiger partial charge in [0.25, 0.3) is 5.91 Å². The highest BCUT2D eigenvalue weighted by Gasteiger charge is 2.70. The number of nitrogens with two attached hydrogens (primary N) is 1. The van der Waals surface area contributed by atoms with Crippen molar-refractivity contribution in [3.05, 3.63) is 35.4 Å². The van der Waals surface area contributed by atoms with Crippen molar-refractivity contribution >= 4 is 29.6 Å². The molecule has 0 bridgehead atoms. The fourth-order valence-electron chi connectivity index (χ4n) is 8.13. The summed E-state index contributed by atoms with van der Waals surface area (Å²) in [5.41, 5.74) is 7.47. The van der Waals surface area contributed by atoms with Gasteiger partial charge < -0.3 is 26.0 Å². The Balaban J connectivity index is 1.24. The van der Waals surface area contributed by atoms with Gasteiger partial charge in [0, 0.05) is 6.54 Å². The average molecular weight is 593 g/mol. The van der Waals surface area contributed by atoms with E-state index in [2.05, 4.69) is 43.5 Å². The van der Waals surface area contributed by atoms with Crippen molar-refractivity contribution < 1.29 is 28.7 Å². The van der Waals surface area contributed by atoms with Crippen molar-refractivity contribution in [3.8, 4) is 0 Å². The van der Waals surface area contributed by atoms with E-state index in [1.54, 1.807) is 4.90 Å². The van der Waals surface area contributed by atoms with Crippen molar-refractivity contribution in [2.75, 3.05) is 6.54 Å². The Hall–Kier alpha value is -3.43. The first kappa shape index (κ1) is 29.6. The lowest BCUT2D eigenvalue weighted by Crippen LogP contribution is -2.59. The van der Waals surface area contributed by atoms with Gasteiger partial charge in [0.1, 0.15) is 18.2 Å². The maximum absolute atomic E-state index is 14.5. The van der Waals surface area contributed by atoms with Crippen LogP contribution in [0.25, 0.3) is 0 Å². The van der Waals surface area contributed by atoms with Gasteiger partial charge in [-0.05, 0) is 84.7 Å². The molecule has 1 heterocycles. The number of nitrogens with one attached hydrogen (secondary N) is 2. The fraction of sp³-hybridized carbons (Fsp3) is 0.667. The van der Waals surface area contributed by atoms with Gasteiger partial charge in [-0.15, -0.1) is 0 Å². The summed E-state index contributed by atoms with van der Waals surface area (Å²) in [7, 11) is 0. The number of rotatable bonds is 10. The third-order valence-corrected chi connectivity index (χ3v) is 11.0. The van der Waals surface area contributed by atoms with E-state index in [0.29, 0.717) is 25.8 Å². The normalized spacial score (nSPS) is 30.1. The number of hydrogen-bond acceptors (Lipinski definition) is 6. The van der Waals surface area contributed by atoms with Crippen LogP contribution in [0.15, 0.2) is 24.3 Å². The number of carbonyl (C=O) groups is 5. The lowest BCUT2D eigenvalue weighted by atomic mass is 9.93. The van der Waals surface area contributed by atoms with Gasteiger partial charge in [-0.25, -0.2) is 4.79 Å². The van der Waals surface area contributed by atoms with Crippen molar-refractivity contribution in [3.63, 3.8) is 0 Å². The Morgan fingerprint density at radius 2 is 1.70 bits per heavy atom. The standard InChI is InChI=1S/C33H44N4O6/c1-17-7-6-10-24(17)43-32(42)36-26(21-14-19-8-4-5-9-20(19)15-21)31(41)37-16-22-25(33(22,2)3)27(37)30(40)35-23(13-18-11-12-18)28(38)29(34)39/h4-5,8-9,17-18,21-27H,6-7,10-16H2,1-3H3,(H2,34,39)(H,35,40)(H,36,42)/t17?,22-,23?,24?,25-,26-,27-/m0/s1. The number of piperidine rings is 1. The average Bonchev–Trinajstić information content (AvgIpc) is 3.60. The summed E-state index contributed by atoms with van der Waals surface area (Å²) in [6, 6.07) is 5.36. The van der Waals surface area contributed by atoms with E-state index in [0.717, 1.165) is 43.2 Å². The van der Waals surface area contributed by atoms with E-state index < -0.39 is 41.8 Å². The molecule has 0 aromatic heterocycles. The molecule has 10 heteroatoms. The lowest BCUT2D eigenvalue weighted by Gasteiger charge is -2.35. The van der Waals surface area contributed by atoms with Crippen LogP contribution in [0.4, 0.5) is 4.79 Å². The molecule has 0 spiro atoms. The second-order valence-electron chi connectivity index (χ2n) is 14.3. The summed E-state index contributed by atoms with van der Waals surface area (Å²) < 4.78 is 5.80. The topological polar surface area (TPSA) is 148 Å². The molecule has 3 unspecified atom stereocenters. The van der Waals surface area contributed by atoms with Crippen LogP contribution in [0.2, 0.25) is 0 Å². The van der Waals surface area contributed by atoms with Gasteiger partial charge in [-0.1, -0.05) is 57.9 Å². The van der Waals surface area contributed by atoms with E-state index in [4.69, 9.17) is 10.5 Å². The number of fused-ring (bicyclic) bond motifs is 2. The molecule has 5 aliphatic rings. The zero-order chi connectivity index (χ0) is 30.6. The smallest absolute Gasteiger partial charge is 0.408 e. The number of amides is 4. The van der Waals surface area contributed by atoms with Crippen LogP contribution < -0.4 is 16.4 Å². The SMILES string of the molecule is CC1CCCC1OC(=O)N[C@H](C(=O)N1C[C@H]2[C@@H]([C@H]1C(=O)NC(CC1CC1)C(=O)C(N)=O)C2(C)C)C1Cc2ccccc2C1. The van der Waals surface area contributed by atoms with Gasteiger partial charge in [0.2, 0.25) is 17.6 Å². The molecule has 43 heavy (non-hydrogen) atoms. The molecule has 7 atom stereocenters. The second kappa shape index (κ2) is 11.2. The molecule has 1 aromatic rings. The summed E-state index contributed by atoms with van der Waals surface area (Å²) in [5.74, 6) is -2.26. The van der Waals surface area contributed by atoms with Gasteiger partial charge >= 0.3 is 6.09 Å². The van der Waals surface area contributed by atoms with Crippen molar-refractivity contribution in [1.29, 1.82) is 0 Å². The summed E-state index contributed by atoms with van der Waals surface area (Å²) in [6.45, 7) is 6.63. The Kier molecular flexibility index (Phi) is 7.75. The van der Waals surface area contributed by atoms with Crippen LogP contribution in [-0.2, 0) is 36.8 Å². The number of hydrogen-bond donors (Lipinski definition) is 3. The quantitative estimate of drug-likeness (QED) is 0.356. The van der Waals surface area contributed by atoms with E-state index in [1.807, 2.05) is 12.1 Å². The van der Waals surface area contributed by atoms with E-state index in [9.17, 15) is 24.0 Å². The molecule has 4 fully saturated rings. The first-order valence-electron chi connectivity index (χ1n) is 15.9. The third-order valence-electron chi connectivity index (χ3n) is 11.0. The minimum Gasteiger partial charge on any atom is -0.446 e. The molecule has 232 valence electrons. The lowest BCUT2D eigenvalue weighted by molar-refractivity contribution is -0.144. The Morgan fingerprint density at radius 3 is 2.28 bits per heavy atom. The third kappa shape index (κ3) is 5.77. The molecule has 1 saturated heterocycles. The highest BCUT2D eigenvalue weighted by molar-refractivity contribution is 6.37. The minimum absolute atomic E-state index is 0.0885. The van der Waals surface area contributed by atoms with E-state index in [1.165, 1.54) is 0 Å². The molecule has 10 nitrogen and oxygen atoms in total. The molecule has 6 rings (SSSR count). The molecular formula is C33H44N4O6. The number of ketones is 1. The van der Waals surface area contributed by atoms with Crippen LogP contribution in [0.3, 0.4) is 0 Å². The van der Waals surface area contributed by atoms with Crippen molar-refractivity contribution in [2.24, 2.45) is 40.7 Å². The molecule has 4 aliphatic carbocycles.